The highest BCUT2D eigenvalue weighted by molar-refractivity contribution is 5.95. The summed E-state index contributed by atoms with van der Waals surface area (Å²) in [5, 5.41) is 4.94. The Morgan fingerprint density at radius 3 is 2.55 bits per heavy atom. The first-order valence-corrected chi connectivity index (χ1v) is 7.69. The molecule has 0 heterocycles. The summed E-state index contributed by atoms with van der Waals surface area (Å²) in [7, 11) is 0. The van der Waals surface area contributed by atoms with Crippen molar-refractivity contribution in [2.24, 2.45) is 5.73 Å². The van der Waals surface area contributed by atoms with Gasteiger partial charge in [-0.05, 0) is 18.4 Å². The molecule has 3 amide bonds. The van der Waals surface area contributed by atoms with Crippen LogP contribution in [0, 0.1) is 0 Å². The molecule has 0 saturated heterocycles. The van der Waals surface area contributed by atoms with Gasteiger partial charge < -0.3 is 11.1 Å². The van der Waals surface area contributed by atoms with Crippen molar-refractivity contribution < 1.29 is 9.59 Å². The molecule has 22 heavy (non-hydrogen) atoms. The molecule has 1 aromatic carbocycles. The number of hydrogen-bond donors (Lipinski definition) is 3. The zero-order valence-electron chi connectivity index (χ0n) is 13.2. The Balaban J connectivity index is 2.39. The molecule has 0 fully saturated rings. The quantitative estimate of drug-likeness (QED) is 0.627. The van der Waals surface area contributed by atoms with Gasteiger partial charge in [-0.3, -0.25) is 15.0 Å². The van der Waals surface area contributed by atoms with Gasteiger partial charge in [0, 0.05) is 26.2 Å². The van der Waals surface area contributed by atoms with Crippen LogP contribution >= 0.6 is 0 Å². The molecule has 0 aliphatic rings. The predicted octanol–water partition coefficient (Wildman–Crippen LogP) is 0.726. The molecule has 0 unspecified atom stereocenters. The number of carbonyl (C=O) groups excluding carboxylic acids is 2. The number of nitrogens with zero attached hydrogens (tertiary/aromatic N) is 1. The molecule has 0 aliphatic carbocycles. The van der Waals surface area contributed by atoms with E-state index >= 15 is 0 Å². The lowest BCUT2D eigenvalue weighted by molar-refractivity contribution is -0.121. The van der Waals surface area contributed by atoms with Gasteiger partial charge in [-0.2, -0.15) is 0 Å². The van der Waals surface area contributed by atoms with Crippen LogP contribution in [-0.2, 0) is 11.2 Å². The maximum atomic E-state index is 11.9. The molecule has 6 heteroatoms. The van der Waals surface area contributed by atoms with E-state index in [9.17, 15) is 9.59 Å². The number of nitrogens with two attached hydrogens (primary N) is 1. The Bertz CT molecular complexity index is 451. The standard InChI is InChI=1S/C16H26N4O2/c1-2-10-18-16(22)19-15(21)13-20(12-9-17)11-8-14-6-4-3-5-7-14/h3-7H,2,8-13,17H2,1H3,(H2,18,19,21,22). The van der Waals surface area contributed by atoms with Crippen LogP contribution in [0.3, 0.4) is 0 Å². The van der Waals surface area contributed by atoms with E-state index in [1.54, 1.807) is 0 Å². The molecule has 0 atom stereocenters. The number of amides is 3. The first kappa shape index (κ1) is 18.1. The molecular weight excluding hydrogens is 280 g/mol. The van der Waals surface area contributed by atoms with E-state index in [1.807, 2.05) is 30.0 Å². The van der Waals surface area contributed by atoms with E-state index in [0.717, 1.165) is 19.4 Å². The number of urea groups is 1. The fourth-order valence-electron chi connectivity index (χ4n) is 2.04. The highest BCUT2D eigenvalue weighted by atomic mass is 16.2. The third kappa shape index (κ3) is 7.75. The highest BCUT2D eigenvalue weighted by Crippen LogP contribution is 2.01. The van der Waals surface area contributed by atoms with Crippen LogP contribution in [0.1, 0.15) is 18.9 Å². The zero-order valence-corrected chi connectivity index (χ0v) is 13.2. The molecule has 0 saturated carbocycles. The van der Waals surface area contributed by atoms with Crippen LogP contribution in [0.25, 0.3) is 0 Å². The minimum Gasteiger partial charge on any atom is -0.338 e. The topological polar surface area (TPSA) is 87.5 Å². The lowest BCUT2D eigenvalue weighted by Gasteiger charge is -2.20. The van der Waals surface area contributed by atoms with Crippen LogP contribution in [0.15, 0.2) is 30.3 Å². The Kier molecular flexibility index (Phi) is 8.86. The van der Waals surface area contributed by atoms with E-state index in [4.69, 9.17) is 5.73 Å². The Morgan fingerprint density at radius 1 is 1.18 bits per heavy atom. The molecule has 0 radical (unpaired) electrons. The first-order chi connectivity index (χ1) is 10.7. The van der Waals surface area contributed by atoms with Crippen LogP contribution in [0.2, 0.25) is 0 Å². The van der Waals surface area contributed by atoms with Crippen molar-refractivity contribution in [2.75, 3.05) is 32.7 Å². The third-order valence-electron chi connectivity index (χ3n) is 3.16. The minimum atomic E-state index is -0.442. The Hall–Kier alpha value is -1.92. The summed E-state index contributed by atoms with van der Waals surface area (Å²) in [6.07, 6.45) is 1.67. The minimum absolute atomic E-state index is 0.170. The van der Waals surface area contributed by atoms with Gasteiger partial charge in [0.05, 0.1) is 6.54 Å². The number of carbonyl (C=O) groups is 2. The highest BCUT2D eigenvalue weighted by Gasteiger charge is 2.12. The summed E-state index contributed by atoms with van der Waals surface area (Å²) >= 11 is 0. The predicted molar refractivity (Wildman–Crippen MR) is 87.5 cm³/mol. The van der Waals surface area contributed by atoms with Crippen molar-refractivity contribution >= 4 is 11.9 Å². The SMILES string of the molecule is CCCNC(=O)NC(=O)CN(CCN)CCc1ccccc1. The second-order valence-corrected chi connectivity index (χ2v) is 5.10. The average Bonchev–Trinajstić information content (AvgIpc) is 2.51. The molecule has 1 rings (SSSR count). The monoisotopic (exact) mass is 306 g/mol. The average molecular weight is 306 g/mol. The summed E-state index contributed by atoms with van der Waals surface area (Å²) in [6, 6.07) is 9.63. The van der Waals surface area contributed by atoms with Crippen LogP contribution in [-0.4, -0.2) is 49.6 Å². The van der Waals surface area contributed by atoms with Gasteiger partial charge in [-0.15, -0.1) is 0 Å². The maximum Gasteiger partial charge on any atom is 0.321 e. The first-order valence-electron chi connectivity index (χ1n) is 7.69. The maximum absolute atomic E-state index is 11.9. The molecular formula is C16H26N4O2. The smallest absolute Gasteiger partial charge is 0.321 e. The van der Waals surface area contributed by atoms with E-state index in [-0.39, 0.29) is 12.5 Å². The molecule has 1 aromatic rings. The van der Waals surface area contributed by atoms with Crippen LogP contribution < -0.4 is 16.4 Å². The Labute approximate surface area is 132 Å². The normalized spacial score (nSPS) is 10.5. The largest absolute Gasteiger partial charge is 0.338 e. The number of imide groups is 1. The van der Waals surface area contributed by atoms with Crippen molar-refractivity contribution in [3.63, 3.8) is 0 Å². The van der Waals surface area contributed by atoms with E-state index in [1.165, 1.54) is 5.56 Å². The van der Waals surface area contributed by atoms with Gasteiger partial charge in [-0.25, -0.2) is 4.79 Å². The lowest BCUT2D eigenvalue weighted by atomic mass is 10.1. The van der Waals surface area contributed by atoms with Gasteiger partial charge >= 0.3 is 6.03 Å². The number of benzene rings is 1. The van der Waals surface area contributed by atoms with Gasteiger partial charge in [0.25, 0.3) is 0 Å². The molecule has 6 nitrogen and oxygen atoms in total. The fraction of sp³-hybridized carbons (Fsp3) is 0.500. The van der Waals surface area contributed by atoms with Crippen LogP contribution in [0.5, 0.6) is 0 Å². The van der Waals surface area contributed by atoms with E-state index < -0.39 is 6.03 Å². The number of nitrogens with one attached hydrogen (secondary N) is 2. The number of rotatable bonds is 9. The summed E-state index contributed by atoms with van der Waals surface area (Å²) in [5.41, 5.74) is 6.80. The van der Waals surface area contributed by atoms with Crippen molar-refractivity contribution in [1.82, 2.24) is 15.5 Å². The van der Waals surface area contributed by atoms with Crippen molar-refractivity contribution in [2.45, 2.75) is 19.8 Å². The van der Waals surface area contributed by atoms with E-state index in [0.29, 0.717) is 19.6 Å². The number of hydrogen-bond acceptors (Lipinski definition) is 4. The summed E-state index contributed by atoms with van der Waals surface area (Å²) in [5.74, 6) is -0.310. The molecule has 0 bridgehead atoms. The summed E-state index contributed by atoms with van der Waals surface area (Å²) < 4.78 is 0. The molecule has 0 aliphatic heterocycles. The molecule has 0 spiro atoms. The van der Waals surface area contributed by atoms with Crippen molar-refractivity contribution in [3.05, 3.63) is 35.9 Å². The van der Waals surface area contributed by atoms with Crippen molar-refractivity contribution in [1.29, 1.82) is 0 Å². The summed E-state index contributed by atoms with van der Waals surface area (Å²) in [6.45, 7) is 4.50. The lowest BCUT2D eigenvalue weighted by Crippen LogP contribution is -2.46. The third-order valence-corrected chi connectivity index (χ3v) is 3.16. The van der Waals surface area contributed by atoms with Gasteiger partial charge in [-0.1, -0.05) is 37.3 Å². The zero-order chi connectivity index (χ0) is 16.2. The molecule has 4 N–H and O–H groups in total. The second kappa shape index (κ2) is 10.8. The second-order valence-electron chi connectivity index (χ2n) is 5.10. The fourth-order valence-corrected chi connectivity index (χ4v) is 2.04. The molecule has 122 valence electrons. The van der Waals surface area contributed by atoms with Crippen LogP contribution in [0.4, 0.5) is 4.79 Å². The summed E-state index contributed by atoms with van der Waals surface area (Å²) in [4.78, 5) is 25.3. The van der Waals surface area contributed by atoms with Crippen molar-refractivity contribution in [3.8, 4) is 0 Å². The molecule has 0 aromatic heterocycles. The van der Waals surface area contributed by atoms with Gasteiger partial charge in [0.15, 0.2) is 0 Å². The van der Waals surface area contributed by atoms with E-state index in [2.05, 4.69) is 22.8 Å². The Morgan fingerprint density at radius 2 is 1.91 bits per heavy atom. The van der Waals surface area contributed by atoms with Gasteiger partial charge in [0.2, 0.25) is 5.91 Å². The van der Waals surface area contributed by atoms with Gasteiger partial charge in [0.1, 0.15) is 0 Å².